The molecule has 0 radical (unpaired) electrons. The number of aromatic nitrogens is 1. The van der Waals surface area contributed by atoms with Gasteiger partial charge in [0.25, 0.3) is 5.91 Å². The quantitative estimate of drug-likeness (QED) is 0.497. The van der Waals surface area contributed by atoms with Crippen LogP contribution in [0.25, 0.3) is 22.0 Å². The van der Waals surface area contributed by atoms with Crippen molar-refractivity contribution < 1.29 is 18.8 Å². The van der Waals surface area contributed by atoms with Gasteiger partial charge in [0.1, 0.15) is 11.4 Å². The van der Waals surface area contributed by atoms with Crippen LogP contribution >= 0.6 is 0 Å². The van der Waals surface area contributed by atoms with Crippen molar-refractivity contribution in [2.24, 2.45) is 0 Å². The second-order valence-electron chi connectivity index (χ2n) is 6.65. The minimum Gasteiger partial charge on any atom is -0.481 e. The third kappa shape index (κ3) is 4.30. The van der Waals surface area contributed by atoms with Crippen LogP contribution in [-0.4, -0.2) is 23.1 Å². The van der Waals surface area contributed by atoms with E-state index in [1.54, 1.807) is 13.0 Å². The first-order chi connectivity index (χ1) is 14.6. The Hall–Kier alpha value is -4.13. The number of fused-ring (bicyclic) bond motifs is 1. The third-order valence-electron chi connectivity index (χ3n) is 4.51. The molecule has 7 nitrogen and oxygen atoms in total. The Kier molecular flexibility index (Phi) is 5.43. The van der Waals surface area contributed by atoms with E-state index >= 15 is 0 Å². The molecule has 2 amide bonds. The van der Waals surface area contributed by atoms with Crippen LogP contribution in [-0.2, 0) is 4.79 Å². The highest BCUT2D eigenvalue weighted by molar-refractivity contribution is 5.94. The summed E-state index contributed by atoms with van der Waals surface area (Å²) in [5.41, 5.74) is 5.99. The lowest BCUT2D eigenvalue weighted by molar-refractivity contribution is -0.128. The van der Waals surface area contributed by atoms with Gasteiger partial charge in [-0.05, 0) is 29.8 Å². The molecule has 1 unspecified atom stereocenters. The van der Waals surface area contributed by atoms with Gasteiger partial charge in [0, 0.05) is 11.6 Å². The molecule has 7 heteroatoms. The minimum atomic E-state index is -0.818. The second kappa shape index (κ2) is 8.48. The van der Waals surface area contributed by atoms with Crippen LogP contribution < -0.4 is 15.6 Å². The predicted molar refractivity (Wildman–Crippen MR) is 112 cm³/mol. The first-order valence-electron chi connectivity index (χ1n) is 9.38. The fourth-order valence-electron chi connectivity index (χ4n) is 2.91. The van der Waals surface area contributed by atoms with Gasteiger partial charge < -0.3 is 9.26 Å². The molecule has 4 rings (SSSR count). The van der Waals surface area contributed by atoms with E-state index in [1.165, 1.54) is 6.07 Å². The average molecular weight is 401 g/mol. The fourth-order valence-corrected chi connectivity index (χ4v) is 2.91. The van der Waals surface area contributed by atoms with Gasteiger partial charge in [-0.15, -0.1) is 0 Å². The highest BCUT2D eigenvalue weighted by Crippen LogP contribution is 2.21. The molecule has 30 heavy (non-hydrogen) atoms. The number of rotatable bonds is 5. The summed E-state index contributed by atoms with van der Waals surface area (Å²) in [4.78, 5) is 24.5. The Morgan fingerprint density at radius 1 is 0.900 bits per heavy atom. The van der Waals surface area contributed by atoms with Crippen molar-refractivity contribution in [2.45, 2.75) is 13.0 Å². The normalized spacial score (nSPS) is 11.6. The molecule has 0 aliphatic heterocycles. The summed E-state index contributed by atoms with van der Waals surface area (Å²) < 4.78 is 10.8. The zero-order valence-electron chi connectivity index (χ0n) is 16.2. The van der Waals surface area contributed by atoms with E-state index in [2.05, 4.69) is 16.0 Å². The molecule has 0 saturated carbocycles. The number of hydrazine groups is 1. The van der Waals surface area contributed by atoms with Gasteiger partial charge in [0.2, 0.25) is 5.76 Å². The molecule has 1 atom stereocenters. The van der Waals surface area contributed by atoms with Gasteiger partial charge >= 0.3 is 5.91 Å². The molecule has 0 spiro atoms. The number of nitrogens with zero attached hydrogens (tertiary/aromatic N) is 1. The van der Waals surface area contributed by atoms with Gasteiger partial charge in [-0.25, -0.2) is 0 Å². The number of hydrogen-bond donors (Lipinski definition) is 2. The van der Waals surface area contributed by atoms with E-state index in [0.717, 1.165) is 16.3 Å². The second-order valence-corrected chi connectivity index (χ2v) is 6.65. The number of nitrogens with one attached hydrogen (secondary N) is 2. The molecule has 0 fully saturated rings. The van der Waals surface area contributed by atoms with Crippen molar-refractivity contribution in [2.75, 3.05) is 0 Å². The maximum absolute atomic E-state index is 12.3. The summed E-state index contributed by atoms with van der Waals surface area (Å²) in [5.74, 6) is -0.571. The van der Waals surface area contributed by atoms with Crippen molar-refractivity contribution in [1.29, 1.82) is 0 Å². The Bertz CT molecular complexity index is 1190. The molecule has 150 valence electrons. The minimum absolute atomic E-state index is 0.0164. The molecular formula is C23H19N3O4. The molecule has 0 bridgehead atoms. The lowest BCUT2D eigenvalue weighted by atomic mass is 10.1. The Balaban J connectivity index is 1.33. The summed E-state index contributed by atoms with van der Waals surface area (Å²) in [6.45, 7) is 1.60. The fraction of sp³-hybridized carbons (Fsp3) is 0.0870. The molecule has 4 aromatic rings. The number of ether oxygens (including phenoxy) is 1. The molecule has 0 aliphatic rings. The van der Waals surface area contributed by atoms with E-state index in [0.29, 0.717) is 11.4 Å². The number of hydrogen-bond acceptors (Lipinski definition) is 5. The first kappa shape index (κ1) is 19.2. The molecule has 2 N–H and O–H groups in total. The number of amides is 2. The van der Waals surface area contributed by atoms with Crippen molar-refractivity contribution in [1.82, 2.24) is 16.0 Å². The predicted octanol–water partition coefficient (Wildman–Crippen LogP) is 3.72. The topological polar surface area (TPSA) is 93.5 Å². The van der Waals surface area contributed by atoms with Crippen molar-refractivity contribution in [3.8, 4) is 17.0 Å². The van der Waals surface area contributed by atoms with Gasteiger partial charge in [-0.2, -0.15) is 0 Å². The number of benzene rings is 3. The van der Waals surface area contributed by atoms with Crippen LogP contribution in [0.4, 0.5) is 0 Å². The third-order valence-corrected chi connectivity index (χ3v) is 4.51. The van der Waals surface area contributed by atoms with Crippen molar-refractivity contribution >= 4 is 22.6 Å². The average Bonchev–Trinajstić information content (AvgIpc) is 3.28. The highest BCUT2D eigenvalue weighted by atomic mass is 16.5. The summed E-state index contributed by atoms with van der Waals surface area (Å²) in [7, 11) is 0. The van der Waals surface area contributed by atoms with E-state index in [4.69, 9.17) is 9.26 Å². The summed E-state index contributed by atoms with van der Waals surface area (Å²) in [6, 6.07) is 24.3. The van der Waals surface area contributed by atoms with Crippen LogP contribution in [0.3, 0.4) is 0 Å². The smallest absolute Gasteiger partial charge is 0.308 e. The van der Waals surface area contributed by atoms with E-state index in [9.17, 15) is 9.59 Å². The molecule has 3 aromatic carbocycles. The van der Waals surface area contributed by atoms with Crippen molar-refractivity contribution in [3.05, 3.63) is 84.6 Å². The van der Waals surface area contributed by atoms with Crippen LogP contribution in [0.2, 0.25) is 0 Å². The summed E-state index contributed by atoms with van der Waals surface area (Å²) in [5, 5.41) is 5.97. The molecule has 1 heterocycles. The Morgan fingerprint density at radius 3 is 2.43 bits per heavy atom. The van der Waals surface area contributed by atoms with Crippen LogP contribution in [0.1, 0.15) is 17.5 Å². The first-order valence-corrected chi connectivity index (χ1v) is 9.38. The summed E-state index contributed by atoms with van der Waals surface area (Å²) >= 11 is 0. The standard InChI is InChI=1S/C23H19N3O4/c1-15(29-19-12-11-16-7-5-6-10-18(16)13-19)22(27)24-25-23(28)21-14-20(26-30-21)17-8-3-2-4-9-17/h2-15H,1H3,(H,24,27)(H,25,28). The van der Waals surface area contributed by atoms with Crippen molar-refractivity contribution in [3.63, 3.8) is 0 Å². The molecule has 0 aliphatic carbocycles. The zero-order valence-corrected chi connectivity index (χ0v) is 16.2. The maximum atomic E-state index is 12.3. The SMILES string of the molecule is CC(Oc1ccc2ccccc2c1)C(=O)NNC(=O)c1cc(-c2ccccc2)no1. The van der Waals surface area contributed by atoms with Gasteiger partial charge in [-0.1, -0.05) is 65.8 Å². The lowest BCUT2D eigenvalue weighted by Crippen LogP contribution is -2.47. The molecule has 0 saturated heterocycles. The van der Waals surface area contributed by atoms with E-state index in [-0.39, 0.29) is 5.76 Å². The monoisotopic (exact) mass is 401 g/mol. The Labute approximate surface area is 172 Å². The number of carbonyl (C=O) groups is 2. The summed E-state index contributed by atoms with van der Waals surface area (Å²) in [6.07, 6.45) is -0.818. The van der Waals surface area contributed by atoms with Crippen LogP contribution in [0.5, 0.6) is 5.75 Å². The van der Waals surface area contributed by atoms with Gasteiger partial charge in [0.05, 0.1) is 0 Å². The number of carbonyl (C=O) groups excluding carboxylic acids is 2. The largest absolute Gasteiger partial charge is 0.481 e. The lowest BCUT2D eigenvalue weighted by Gasteiger charge is -2.15. The zero-order chi connectivity index (χ0) is 20.9. The van der Waals surface area contributed by atoms with Gasteiger partial charge in [0.15, 0.2) is 6.10 Å². The highest BCUT2D eigenvalue weighted by Gasteiger charge is 2.18. The van der Waals surface area contributed by atoms with E-state index < -0.39 is 17.9 Å². The van der Waals surface area contributed by atoms with Gasteiger partial charge in [-0.3, -0.25) is 20.4 Å². The molecule has 1 aromatic heterocycles. The van der Waals surface area contributed by atoms with E-state index in [1.807, 2.05) is 66.7 Å². The Morgan fingerprint density at radius 2 is 1.63 bits per heavy atom. The maximum Gasteiger partial charge on any atom is 0.308 e. The van der Waals surface area contributed by atoms with Crippen LogP contribution in [0, 0.1) is 0 Å². The van der Waals surface area contributed by atoms with Crippen LogP contribution in [0.15, 0.2) is 83.4 Å². The molecular weight excluding hydrogens is 382 g/mol.